The lowest BCUT2D eigenvalue weighted by Gasteiger charge is -2.52. The van der Waals surface area contributed by atoms with Gasteiger partial charge in [-0.15, -0.1) is 23.1 Å². The minimum atomic E-state index is -1.52. The van der Waals surface area contributed by atoms with E-state index >= 15 is 0 Å². The zero-order valence-electron chi connectivity index (χ0n) is 20.4. The molecule has 2 fully saturated rings. The molecule has 2 saturated heterocycles. The van der Waals surface area contributed by atoms with E-state index in [1.165, 1.54) is 29.2 Å². The van der Waals surface area contributed by atoms with Gasteiger partial charge in [-0.3, -0.25) is 14.4 Å². The van der Waals surface area contributed by atoms with Gasteiger partial charge in [0.1, 0.15) is 35.2 Å². The Balaban J connectivity index is 1.58. The van der Waals surface area contributed by atoms with Crippen molar-refractivity contribution in [2.45, 2.75) is 37.8 Å². The van der Waals surface area contributed by atoms with Gasteiger partial charge >= 0.3 is 11.9 Å². The number of amides is 2. The van der Waals surface area contributed by atoms with E-state index in [4.69, 9.17) is 20.1 Å². The number of thiazole rings is 1. The van der Waals surface area contributed by atoms with Crippen LogP contribution in [0.4, 0.5) is 5.13 Å². The third-order valence-corrected chi connectivity index (χ3v) is 7.24. The average molecular weight is 558 g/mol. The third kappa shape index (κ3) is 6.66. The smallest absolute Gasteiger partial charge is 0.335 e. The number of nitrogens with one attached hydrogen (secondary N) is 2. The number of carbonyl (C=O) groups excluding carboxylic acids is 3. The van der Waals surface area contributed by atoms with Crippen molar-refractivity contribution in [3.63, 3.8) is 0 Å². The molecule has 2 amide bonds. The van der Waals surface area contributed by atoms with E-state index in [0.717, 1.165) is 17.6 Å². The van der Waals surface area contributed by atoms with Gasteiger partial charge in [0.25, 0.3) is 5.91 Å². The van der Waals surface area contributed by atoms with Crippen molar-refractivity contribution in [1.29, 1.82) is 0 Å². The standard InChI is InChI=1S/C20H27N7O8S2/c1-19(2,3)35-11(28)5-34-26-22-7-20(17(31)32)8-27-15(30)13(16(27)37-9-20)24-14(29)12(25-33-4)10-6-36-18(21)23-10/h6-7,13,16,26H,5,8-9H2,1-4H3,(H2,21,23)(H,24,29)(H,31,32)/t13?,16-,20?/m1/s1. The monoisotopic (exact) mass is 557 g/mol. The van der Waals surface area contributed by atoms with Crippen LogP contribution in [0, 0.1) is 5.41 Å². The van der Waals surface area contributed by atoms with E-state index in [9.17, 15) is 24.3 Å². The number of aliphatic carboxylic acids is 1. The molecule has 3 heterocycles. The van der Waals surface area contributed by atoms with E-state index in [0.29, 0.717) is 0 Å². The van der Waals surface area contributed by atoms with Crippen LogP contribution in [-0.2, 0) is 33.6 Å². The Hall–Kier alpha value is -3.44. The van der Waals surface area contributed by atoms with Gasteiger partial charge in [-0.25, -0.2) is 14.6 Å². The highest BCUT2D eigenvalue weighted by Gasteiger charge is 2.57. The number of anilines is 1. The zero-order valence-corrected chi connectivity index (χ0v) is 22.1. The number of aromatic nitrogens is 1. The Bertz CT molecular complexity index is 1120. The third-order valence-electron chi connectivity index (χ3n) is 5.02. The fourth-order valence-corrected chi connectivity index (χ4v) is 5.45. The Morgan fingerprint density at radius 1 is 1.41 bits per heavy atom. The summed E-state index contributed by atoms with van der Waals surface area (Å²) in [5, 5.41) is 21.2. The first kappa shape index (κ1) is 28.1. The molecule has 1 aromatic rings. The van der Waals surface area contributed by atoms with Gasteiger partial charge in [0, 0.05) is 23.9 Å². The molecule has 3 atom stereocenters. The number of fused-ring (bicyclic) bond motifs is 1. The summed E-state index contributed by atoms with van der Waals surface area (Å²) in [5.41, 5.74) is 5.63. The number of rotatable bonds is 10. The summed E-state index contributed by atoms with van der Waals surface area (Å²) in [6.07, 6.45) is 1.11. The lowest BCUT2D eigenvalue weighted by atomic mass is 9.88. The van der Waals surface area contributed by atoms with Gasteiger partial charge < -0.3 is 30.6 Å². The minimum Gasteiger partial charge on any atom is -0.480 e. The quantitative estimate of drug-likeness (QED) is 0.0935. The molecular formula is C20H27N7O8S2. The van der Waals surface area contributed by atoms with Crippen molar-refractivity contribution in [3.8, 4) is 0 Å². The summed E-state index contributed by atoms with van der Waals surface area (Å²) in [6, 6.07) is -0.894. The molecule has 37 heavy (non-hydrogen) atoms. The molecule has 2 unspecified atom stereocenters. The van der Waals surface area contributed by atoms with Crippen molar-refractivity contribution in [3.05, 3.63) is 11.1 Å². The number of ether oxygens (including phenoxy) is 1. The second kappa shape index (κ2) is 11.3. The number of carbonyl (C=O) groups is 4. The number of carboxylic acids is 1. The number of nitrogens with two attached hydrogens (primary N) is 1. The number of hydrogen-bond donors (Lipinski definition) is 4. The highest BCUT2D eigenvalue weighted by molar-refractivity contribution is 8.00. The zero-order chi connectivity index (χ0) is 27.4. The number of thioether (sulfide) groups is 1. The molecule has 0 radical (unpaired) electrons. The molecule has 5 N–H and O–H groups in total. The molecule has 0 saturated carbocycles. The molecule has 0 aromatic carbocycles. The molecule has 202 valence electrons. The Labute approximate surface area is 219 Å². The predicted octanol–water partition coefficient (Wildman–Crippen LogP) is -0.605. The first-order valence-corrected chi connectivity index (χ1v) is 12.7. The van der Waals surface area contributed by atoms with Crippen LogP contribution in [0.1, 0.15) is 26.5 Å². The topological polar surface area (TPSA) is 207 Å². The summed E-state index contributed by atoms with van der Waals surface area (Å²) in [5.74, 6) is -2.92. The van der Waals surface area contributed by atoms with Gasteiger partial charge in [0.15, 0.2) is 17.5 Å². The fraction of sp³-hybridized carbons (Fsp3) is 0.550. The summed E-state index contributed by atoms with van der Waals surface area (Å²) in [6.45, 7) is 4.50. The molecule has 0 aliphatic carbocycles. The van der Waals surface area contributed by atoms with Crippen LogP contribution in [0.15, 0.2) is 15.6 Å². The van der Waals surface area contributed by atoms with E-state index in [1.54, 1.807) is 20.8 Å². The Morgan fingerprint density at radius 3 is 2.73 bits per heavy atom. The van der Waals surface area contributed by atoms with E-state index in [2.05, 4.69) is 26.1 Å². The van der Waals surface area contributed by atoms with Gasteiger partial charge in [-0.2, -0.15) is 10.7 Å². The van der Waals surface area contributed by atoms with Crippen LogP contribution in [-0.4, -0.2) is 93.7 Å². The molecule has 2 aliphatic heterocycles. The minimum absolute atomic E-state index is 0.0576. The molecule has 0 spiro atoms. The summed E-state index contributed by atoms with van der Waals surface area (Å²) in [4.78, 5) is 64.3. The van der Waals surface area contributed by atoms with Crippen molar-refractivity contribution in [2.75, 3.05) is 31.7 Å². The largest absolute Gasteiger partial charge is 0.480 e. The van der Waals surface area contributed by atoms with Crippen molar-refractivity contribution in [2.24, 2.45) is 15.7 Å². The van der Waals surface area contributed by atoms with Crippen molar-refractivity contribution < 1.29 is 38.7 Å². The van der Waals surface area contributed by atoms with E-state index < -0.39 is 52.8 Å². The van der Waals surface area contributed by atoms with Gasteiger partial charge in [-0.1, -0.05) is 5.16 Å². The highest BCUT2D eigenvalue weighted by Crippen LogP contribution is 2.41. The highest BCUT2D eigenvalue weighted by atomic mass is 32.2. The van der Waals surface area contributed by atoms with Crippen molar-refractivity contribution in [1.82, 2.24) is 20.8 Å². The molecule has 0 bridgehead atoms. The number of esters is 1. The molecule has 1 aromatic heterocycles. The number of hydrogen-bond acceptors (Lipinski definition) is 14. The van der Waals surface area contributed by atoms with Crippen LogP contribution in [0.3, 0.4) is 0 Å². The van der Waals surface area contributed by atoms with Crippen LogP contribution in [0.5, 0.6) is 0 Å². The normalized spacial score (nSPS) is 23.7. The lowest BCUT2D eigenvalue weighted by molar-refractivity contribution is -0.163. The number of β-lactam (4-membered cyclic amide) rings is 1. The molecular weight excluding hydrogens is 530 g/mol. The summed E-state index contributed by atoms with van der Waals surface area (Å²) in [7, 11) is 1.26. The Morgan fingerprint density at radius 2 is 2.14 bits per heavy atom. The maximum atomic E-state index is 12.8. The average Bonchev–Trinajstić information content (AvgIpc) is 3.24. The number of nitrogens with zero attached hydrogens (tertiary/aromatic N) is 4. The van der Waals surface area contributed by atoms with Crippen LogP contribution >= 0.6 is 23.1 Å². The fourth-order valence-electron chi connectivity index (χ4n) is 3.41. The second-order valence-corrected chi connectivity index (χ2v) is 11.0. The van der Waals surface area contributed by atoms with Gasteiger partial charge in [-0.05, 0) is 20.8 Å². The van der Waals surface area contributed by atoms with Crippen LogP contribution in [0.25, 0.3) is 0 Å². The first-order chi connectivity index (χ1) is 17.4. The molecule has 3 rings (SSSR count). The first-order valence-electron chi connectivity index (χ1n) is 10.8. The number of oxime groups is 1. The Kier molecular flexibility index (Phi) is 8.60. The van der Waals surface area contributed by atoms with Gasteiger partial charge in [0.2, 0.25) is 5.91 Å². The van der Waals surface area contributed by atoms with E-state index in [-0.39, 0.29) is 28.8 Å². The van der Waals surface area contributed by atoms with Crippen molar-refractivity contribution >= 4 is 63.9 Å². The maximum absolute atomic E-state index is 12.8. The van der Waals surface area contributed by atoms with Crippen LogP contribution in [0.2, 0.25) is 0 Å². The molecule has 15 nitrogen and oxygen atoms in total. The lowest BCUT2D eigenvalue weighted by Crippen LogP contribution is -2.74. The van der Waals surface area contributed by atoms with E-state index in [1.807, 2.05) is 0 Å². The number of carboxylic acid groups (broad SMARTS) is 1. The van der Waals surface area contributed by atoms with Gasteiger partial charge in [0.05, 0.1) is 0 Å². The predicted molar refractivity (Wildman–Crippen MR) is 133 cm³/mol. The summed E-state index contributed by atoms with van der Waals surface area (Å²) < 4.78 is 5.08. The second-order valence-electron chi connectivity index (χ2n) is 9.00. The molecule has 2 aliphatic rings. The molecule has 17 heteroatoms. The SMILES string of the molecule is CON=C(C(=O)NC1C(=O)N2CC(C=NNOCC(=O)OC(C)(C)C)(C(=O)O)CS[C@H]12)c1csc(N)n1. The van der Waals surface area contributed by atoms with Crippen LogP contribution < -0.4 is 16.6 Å². The number of hydrazone groups is 1. The number of nitrogen functional groups attached to an aromatic ring is 1. The maximum Gasteiger partial charge on any atom is 0.335 e. The summed E-state index contributed by atoms with van der Waals surface area (Å²) >= 11 is 2.29.